The molecule has 0 spiro atoms. The third kappa shape index (κ3) is 4.62. The van der Waals surface area contributed by atoms with E-state index in [4.69, 9.17) is 0 Å². The second-order valence-corrected chi connectivity index (χ2v) is 7.01. The molecule has 1 heteroatoms. The second kappa shape index (κ2) is 6.78. The van der Waals surface area contributed by atoms with E-state index in [1.54, 1.807) is 0 Å². The largest absolute Gasteiger partial charge is 0.316 e. The zero-order valence-corrected chi connectivity index (χ0v) is 12.7. The van der Waals surface area contributed by atoms with Crippen LogP contribution in [0.15, 0.2) is 0 Å². The van der Waals surface area contributed by atoms with Gasteiger partial charge in [-0.3, -0.25) is 0 Å². The van der Waals surface area contributed by atoms with Crippen LogP contribution >= 0.6 is 0 Å². The van der Waals surface area contributed by atoms with Crippen molar-refractivity contribution in [2.45, 2.75) is 66.7 Å². The fourth-order valence-corrected chi connectivity index (χ4v) is 3.35. The monoisotopic (exact) mass is 239 g/mol. The number of hydrogen-bond donors (Lipinski definition) is 1. The minimum atomic E-state index is 0.509. The molecule has 0 saturated heterocycles. The van der Waals surface area contributed by atoms with E-state index >= 15 is 0 Å². The Bertz CT molecular complexity index is 204. The lowest BCUT2D eigenvalue weighted by atomic mass is 9.65. The Morgan fingerprint density at radius 3 is 2.29 bits per heavy atom. The van der Waals surface area contributed by atoms with Crippen LogP contribution in [0.2, 0.25) is 0 Å². The Balaban J connectivity index is 2.44. The third-order valence-corrected chi connectivity index (χ3v) is 4.72. The molecule has 1 fully saturated rings. The molecule has 1 N–H and O–H groups in total. The van der Waals surface area contributed by atoms with E-state index in [1.807, 2.05) is 0 Å². The lowest BCUT2D eigenvalue weighted by Crippen LogP contribution is -2.36. The number of rotatable bonds is 5. The predicted molar refractivity (Wildman–Crippen MR) is 77.2 cm³/mol. The summed E-state index contributed by atoms with van der Waals surface area (Å²) in [6.45, 7) is 14.3. The lowest BCUT2D eigenvalue weighted by molar-refractivity contribution is 0.0952. The fourth-order valence-electron chi connectivity index (χ4n) is 3.35. The molecule has 0 amide bonds. The van der Waals surface area contributed by atoms with Crippen LogP contribution in [0.1, 0.15) is 66.7 Å². The van der Waals surface area contributed by atoms with Gasteiger partial charge < -0.3 is 5.32 Å². The molecule has 0 aromatic carbocycles. The van der Waals surface area contributed by atoms with Gasteiger partial charge in [-0.25, -0.2) is 0 Å². The summed E-state index contributed by atoms with van der Waals surface area (Å²) in [6.07, 6.45) is 6.97. The Hall–Kier alpha value is -0.0400. The van der Waals surface area contributed by atoms with Gasteiger partial charge in [0.2, 0.25) is 0 Å². The van der Waals surface area contributed by atoms with Gasteiger partial charge in [0, 0.05) is 0 Å². The quantitative estimate of drug-likeness (QED) is 0.698. The maximum Gasteiger partial charge on any atom is -0.00179 e. The fraction of sp³-hybridized carbons (Fsp3) is 1.00. The molecule has 3 unspecified atom stereocenters. The average molecular weight is 239 g/mol. The Labute approximate surface area is 109 Å². The molecule has 0 aromatic rings. The first kappa shape index (κ1) is 15.0. The molecule has 1 aliphatic carbocycles. The summed E-state index contributed by atoms with van der Waals surface area (Å²) in [5.41, 5.74) is 0.509. The van der Waals surface area contributed by atoms with Gasteiger partial charge in [-0.1, -0.05) is 41.0 Å². The lowest BCUT2D eigenvalue weighted by Gasteiger charge is -2.42. The first-order valence-electron chi connectivity index (χ1n) is 7.69. The van der Waals surface area contributed by atoms with E-state index in [1.165, 1.54) is 45.2 Å². The standard InChI is InChI=1S/C16H33N/c1-6-10-17-12-14-8-9-15(16(3,4)5)11-13(14)7-2/h13-15,17H,6-12H2,1-5H3. The van der Waals surface area contributed by atoms with Crippen LogP contribution < -0.4 is 5.32 Å². The summed E-state index contributed by atoms with van der Waals surface area (Å²) in [7, 11) is 0. The van der Waals surface area contributed by atoms with Gasteiger partial charge >= 0.3 is 0 Å². The highest BCUT2D eigenvalue weighted by Crippen LogP contribution is 2.43. The van der Waals surface area contributed by atoms with Gasteiger partial charge in [0.05, 0.1) is 0 Å². The van der Waals surface area contributed by atoms with Crippen molar-refractivity contribution in [3.05, 3.63) is 0 Å². The minimum Gasteiger partial charge on any atom is -0.316 e. The Kier molecular flexibility index (Phi) is 5.99. The maximum absolute atomic E-state index is 3.62. The smallest absolute Gasteiger partial charge is 0.00179 e. The van der Waals surface area contributed by atoms with Crippen molar-refractivity contribution < 1.29 is 0 Å². The van der Waals surface area contributed by atoms with Crippen molar-refractivity contribution in [1.29, 1.82) is 0 Å². The van der Waals surface area contributed by atoms with Crippen molar-refractivity contribution in [2.24, 2.45) is 23.2 Å². The van der Waals surface area contributed by atoms with E-state index in [0.717, 1.165) is 17.8 Å². The molecule has 0 aliphatic heterocycles. The molecule has 3 atom stereocenters. The molecule has 1 nitrogen and oxygen atoms in total. The first-order valence-corrected chi connectivity index (χ1v) is 7.69. The molecule has 17 heavy (non-hydrogen) atoms. The predicted octanol–water partition coefficient (Wildman–Crippen LogP) is 4.47. The highest BCUT2D eigenvalue weighted by molar-refractivity contribution is 4.85. The molecule has 0 bridgehead atoms. The van der Waals surface area contributed by atoms with Crippen LogP contribution in [0.4, 0.5) is 0 Å². The van der Waals surface area contributed by atoms with Crippen molar-refractivity contribution in [2.75, 3.05) is 13.1 Å². The molecule has 0 heterocycles. The van der Waals surface area contributed by atoms with Crippen LogP contribution in [0.25, 0.3) is 0 Å². The first-order chi connectivity index (χ1) is 7.99. The van der Waals surface area contributed by atoms with Crippen LogP contribution in [-0.4, -0.2) is 13.1 Å². The Morgan fingerprint density at radius 2 is 1.76 bits per heavy atom. The number of hydrogen-bond acceptors (Lipinski definition) is 1. The van der Waals surface area contributed by atoms with E-state index in [-0.39, 0.29) is 0 Å². The van der Waals surface area contributed by atoms with Crippen molar-refractivity contribution >= 4 is 0 Å². The Morgan fingerprint density at radius 1 is 1.06 bits per heavy atom. The molecule has 0 aromatic heterocycles. The van der Waals surface area contributed by atoms with Gasteiger partial charge in [0.15, 0.2) is 0 Å². The van der Waals surface area contributed by atoms with E-state index < -0.39 is 0 Å². The van der Waals surface area contributed by atoms with Crippen LogP contribution in [-0.2, 0) is 0 Å². The molecule has 102 valence electrons. The highest BCUT2D eigenvalue weighted by Gasteiger charge is 2.34. The van der Waals surface area contributed by atoms with Gasteiger partial charge in [0.25, 0.3) is 0 Å². The minimum absolute atomic E-state index is 0.509. The number of nitrogens with one attached hydrogen (secondary N) is 1. The van der Waals surface area contributed by atoms with Gasteiger partial charge in [-0.15, -0.1) is 0 Å². The zero-order chi connectivity index (χ0) is 12.9. The van der Waals surface area contributed by atoms with Crippen LogP contribution in [0.5, 0.6) is 0 Å². The SMILES string of the molecule is CCCNCC1CCC(C(C)(C)C)CC1CC. The van der Waals surface area contributed by atoms with E-state index in [0.29, 0.717) is 5.41 Å². The zero-order valence-electron chi connectivity index (χ0n) is 12.7. The van der Waals surface area contributed by atoms with E-state index in [9.17, 15) is 0 Å². The van der Waals surface area contributed by atoms with Crippen molar-refractivity contribution in [1.82, 2.24) is 5.32 Å². The van der Waals surface area contributed by atoms with E-state index in [2.05, 4.69) is 39.9 Å². The van der Waals surface area contributed by atoms with Crippen LogP contribution in [0.3, 0.4) is 0 Å². The molecular formula is C16H33N. The summed E-state index contributed by atoms with van der Waals surface area (Å²) in [5.74, 6) is 2.83. The molecular weight excluding hydrogens is 206 g/mol. The molecule has 0 radical (unpaired) electrons. The van der Waals surface area contributed by atoms with Gasteiger partial charge in [-0.05, 0) is 61.9 Å². The normalized spacial score (nSPS) is 30.5. The average Bonchev–Trinajstić information content (AvgIpc) is 2.28. The van der Waals surface area contributed by atoms with Crippen LogP contribution in [0, 0.1) is 23.2 Å². The summed E-state index contributed by atoms with van der Waals surface area (Å²) < 4.78 is 0. The van der Waals surface area contributed by atoms with Crippen molar-refractivity contribution in [3.63, 3.8) is 0 Å². The molecule has 1 rings (SSSR count). The summed E-state index contributed by atoms with van der Waals surface area (Å²) >= 11 is 0. The third-order valence-electron chi connectivity index (χ3n) is 4.72. The molecule has 1 aliphatic rings. The van der Waals surface area contributed by atoms with Crippen molar-refractivity contribution in [3.8, 4) is 0 Å². The summed E-state index contributed by atoms with van der Waals surface area (Å²) in [6, 6.07) is 0. The maximum atomic E-state index is 3.62. The summed E-state index contributed by atoms with van der Waals surface area (Å²) in [5, 5.41) is 3.62. The second-order valence-electron chi connectivity index (χ2n) is 7.01. The highest BCUT2D eigenvalue weighted by atomic mass is 14.9. The summed E-state index contributed by atoms with van der Waals surface area (Å²) in [4.78, 5) is 0. The topological polar surface area (TPSA) is 12.0 Å². The molecule has 1 saturated carbocycles. The van der Waals surface area contributed by atoms with Gasteiger partial charge in [-0.2, -0.15) is 0 Å². The van der Waals surface area contributed by atoms with Gasteiger partial charge in [0.1, 0.15) is 0 Å².